The number of nitrogens with zero attached hydrogens (tertiary/aromatic N) is 2. The minimum atomic E-state index is -0.446. The van der Waals surface area contributed by atoms with Gasteiger partial charge in [-0.3, -0.25) is 4.98 Å². The molecule has 3 rings (SSSR count). The number of likely N-dealkylation sites (tertiary alicyclic amines) is 1. The molecule has 5 nitrogen and oxygen atoms in total. The molecule has 1 aliphatic heterocycles. The van der Waals surface area contributed by atoms with Crippen molar-refractivity contribution in [3.05, 3.63) is 29.6 Å². The minimum Gasteiger partial charge on any atom is -0.444 e. The van der Waals surface area contributed by atoms with Gasteiger partial charge >= 0.3 is 6.09 Å². The lowest BCUT2D eigenvalue weighted by molar-refractivity contribution is 0.00958. The average molecular weight is 345 g/mol. The van der Waals surface area contributed by atoms with Crippen molar-refractivity contribution >= 4 is 6.09 Å². The lowest BCUT2D eigenvalue weighted by atomic mass is 9.91. The summed E-state index contributed by atoms with van der Waals surface area (Å²) >= 11 is 0. The maximum absolute atomic E-state index is 12.5. The number of carbonyl (C=O) groups excluding carboxylic acids is 1. The molecule has 2 unspecified atom stereocenters. The summed E-state index contributed by atoms with van der Waals surface area (Å²) in [6, 6.07) is 4.71. The van der Waals surface area contributed by atoms with Crippen molar-refractivity contribution in [2.24, 2.45) is 0 Å². The Morgan fingerprint density at radius 2 is 2.16 bits per heavy atom. The number of ether oxygens (including phenoxy) is 1. The molecule has 0 aromatic carbocycles. The lowest BCUT2D eigenvalue weighted by Crippen LogP contribution is -2.50. The predicted molar refractivity (Wildman–Crippen MR) is 98.5 cm³/mol. The third kappa shape index (κ3) is 4.72. The van der Waals surface area contributed by atoms with Gasteiger partial charge in [-0.05, 0) is 70.9 Å². The molecule has 1 amide bonds. The molecule has 5 heteroatoms. The van der Waals surface area contributed by atoms with Crippen LogP contribution in [0.3, 0.4) is 0 Å². The van der Waals surface area contributed by atoms with E-state index in [9.17, 15) is 4.79 Å². The van der Waals surface area contributed by atoms with E-state index < -0.39 is 5.60 Å². The van der Waals surface area contributed by atoms with Crippen LogP contribution in [0, 0.1) is 0 Å². The highest BCUT2D eigenvalue weighted by Crippen LogP contribution is 2.28. The monoisotopic (exact) mass is 345 g/mol. The van der Waals surface area contributed by atoms with Crippen LogP contribution in [0.2, 0.25) is 0 Å². The number of nitrogens with one attached hydrogen (secondary N) is 1. The topological polar surface area (TPSA) is 54.5 Å². The Labute approximate surface area is 151 Å². The lowest BCUT2D eigenvalue weighted by Gasteiger charge is -2.38. The molecule has 2 atom stereocenters. The summed E-state index contributed by atoms with van der Waals surface area (Å²) in [5, 5.41) is 3.68. The van der Waals surface area contributed by atoms with Crippen molar-refractivity contribution in [2.75, 3.05) is 13.1 Å². The van der Waals surface area contributed by atoms with Gasteiger partial charge in [0.05, 0.1) is 5.69 Å². The van der Waals surface area contributed by atoms with Crippen LogP contribution in [0.4, 0.5) is 4.79 Å². The number of rotatable bonds is 3. The van der Waals surface area contributed by atoms with Crippen LogP contribution in [0.1, 0.15) is 70.2 Å². The van der Waals surface area contributed by atoms with Crippen LogP contribution in [0.15, 0.2) is 18.3 Å². The number of pyridine rings is 1. The summed E-state index contributed by atoms with van der Waals surface area (Å²) < 4.78 is 5.60. The fourth-order valence-corrected chi connectivity index (χ4v) is 3.86. The maximum Gasteiger partial charge on any atom is 0.410 e. The second-order valence-electron chi connectivity index (χ2n) is 8.22. The Hall–Kier alpha value is -1.62. The van der Waals surface area contributed by atoms with Gasteiger partial charge in [0, 0.05) is 31.4 Å². The zero-order valence-electron chi connectivity index (χ0n) is 15.8. The first kappa shape index (κ1) is 18.2. The summed E-state index contributed by atoms with van der Waals surface area (Å²) in [4.78, 5) is 19.1. The first-order chi connectivity index (χ1) is 11.9. The van der Waals surface area contributed by atoms with Crippen LogP contribution >= 0.6 is 0 Å². The van der Waals surface area contributed by atoms with Crippen LogP contribution < -0.4 is 5.32 Å². The number of aromatic nitrogens is 1. The van der Waals surface area contributed by atoms with Crippen molar-refractivity contribution in [3.8, 4) is 0 Å². The second kappa shape index (κ2) is 7.73. The normalized spacial score (nSPS) is 23.9. The molecule has 1 saturated heterocycles. The molecule has 0 spiro atoms. The molecule has 2 heterocycles. The number of fused-ring (bicyclic) bond motifs is 1. The van der Waals surface area contributed by atoms with Crippen molar-refractivity contribution in [1.29, 1.82) is 0 Å². The highest BCUT2D eigenvalue weighted by Gasteiger charge is 2.31. The molecule has 1 fully saturated rings. The van der Waals surface area contributed by atoms with Crippen LogP contribution in [-0.4, -0.2) is 40.7 Å². The van der Waals surface area contributed by atoms with E-state index in [4.69, 9.17) is 4.74 Å². The van der Waals surface area contributed by atoms with Crippen LogP contribution in [0.25, 0.3) is 0 Å². The van der Waals surface area contributed by atoms with Gasteiger partial charge in [-0.15, -0.1) is 0 Å². The fraction of sp³-hybridized carbons (Fsp3) is 0.700. The average Bonchev–Trinajstić information content (AvgIpc) is 2.58. The summed E-state index contributed by atoms with van der Waals surface area (Å²) in [5.41, 5.74) is 2.10. The van der Waals surface area contributed by atoms with Gasteiger partial charge in [0.15, 0.2) is 0 Å². The Kier molecular flexibility index (Phi) is 5.62. The molecule has 0 radical (unpaired) electrons. The SMILES string of the molecule is CC(C)(C)OC(=O)N1CCCCC1CNC1CCCc2cccnc21. The summed E-state index contributed by atoms with van der Waals surface area (Å²) in [6.45, 7) is 7.37. The van der Waals surface area contributed by atoms with E-state index in [2.05, 4.69) is 16.4 Å². The highest BCUT2D eigenvalue weighted by molar-refractivity contribution is 5.68. The highest BCUT2D eigenvalue weighted by atomic mass is 16.6. The quantitative estimate of drug-likeness (QED) is 0.904. The number of piperidine rings is 1. The zero-order chi connectivity index (χ0) is 17.9. The van der Waals surface area contributed by atoms with E-state index in [0.29, 0.717) is 6.04 Å². The molecule has 138 valence electrons. The number of aryl methyl sites for hydroxylation is 1. The van der Waals surface area contributed by atoms with E-state index in [1.54, 1.807) is 0 Å². The third-order valence-corrected chi connectivity index (χ3v) is 5.05. The summed E-state index contributed by atoms with van der Waals surface area (Å²) in [7, 11) is 0. The number of hydrogen-bond donors (Lipinski definition) is 1. The van der Waals surface area contributed by atoms with E-state index in [1.165, 1.54) is 24.1 Å². The number of amides is 1. The standard InChI is InChI=1S/C20H31N3O2/c1-20(2,3)25-19(24)23-13-5-4-10-16(23)14-22-17-11-6-8-15-9-7-12-21-18(15)17/h7,9,12,16-17,22H,4-6,8,10-11,13-14H2,1-3H3. The van der Waals surface area contributed by atoms with Gasteiger partial charge < -0.3 is 15.0 Å². The van der Waals surface area contributed by atoms with E-state index >= 15 is 0 Å². The van der Waals surface area contributed by atoms with Crippen LogP contribution in [-0.2, 0) is 11.2 Å². The Morgan fingerprint density at radius 3 is 2.96 bits per heavy atom. The van der Waals surface area contributed by atoms with E-state index in [0.717, 1.165) is 38.8 Å². The largest absolute Gasteiger partial charge is 0.444 e. The van der Waals surface area contributed by atoms with Gasteiger partial charge in [-0.2, -0.15) is 0 Å². The van der Waals surface area contributed by atoms with Crippen molar-refractivity contribution in [3.63, 3.8) is 0 Å². The summed E-state index contributed by atoms with van der Waals surface area (Å²) in [6.07, 6.45) is 8.39. The third-order valence-electron chi connectivity index (χ3n) is 5.05. The van der Waals surface area contributed by atoms with E-state index in [1.807, 2.05) is 37.9 Å². The van der Waals surface area contributed by atoms with Gasteiger partial charge in [0.25, 0.3) is 0 Å². The molecule has 1 aromatic heterocycles. The molecule has 2 aliphatic rings. The van der Waals surface area contributed by atoms with Crippen molar-refractivity contribution in [2.45, 2.75) is 77.0 Å². The molecule has 1 N–H and O–H groups in total. The Morgan fingerprint density at radius 1 is 1.32 bits per heavy atom. The maximum atomic E-state index is 12.5. The summed E-state index contributed by atoms with van der Waals surface area (Å²) in [5.74, 6) is 0. The van der Waals surface area contributed by atoms with Gasteiger partial charge in [0.2, 0.25) is 0 Å². The van der Waals surface area contributed by atoms with Crippen LogP contribution in [0.5, 0.6) is 0 Å². The Balaban J connectivity index is 1.62. The fourth-order valence-electron chi connectivity index (χ4n) is 3.86. The molecule has 0 bridgehead atoms. The van der Waals surface area contributed by atoms with Crippen molar-refractivity contribution in [1.82, 2.24) is 15.2 Å². The smallest absolute Gasteiger partial charge is 0.410 e. The zero-order valence-corrected chi connectivity index (χ0v) is 15.8. The molecule has 25 heavy (non-hydrogen) atoms. The van der Waals surface area contributed by atoms with Crippen molar-refractivity contribution < 1.29 is 9.53 Å². The predicted octanol–water partition coefficient (Wildman–Crippen LogP) is 3.84. The molecule has 1 aromatic rings. The molecule has 1 aliphatic carbocycles. The number of hydrogen-bond acceptors (Lipinski definition) is 4. The molecular formula is C20H31N3O2. The van der Waals surface area contributed by atoms with E-state index in [-0.39, 0.29) is 12.1 Å². The van der Waals surface area contributed by atoms with Gasteiger partial charge in [-0.1, -0.05) is 6.07 Å². The number of carbonyl (C=O) groups is 1. The van der Waals surface area contributed by atoms with Gasteiger partial charge in [0.1, 0.15) is 5.60 Å². The first-order valence-corrected chi connectivity index (χ1v) is 9.61. The Bertz CT molecular complexity index is 597. The second-order valence-corrected chi connectivity index (χ2v) is 8.22. The minimum absolute atomic E-state index is 0.179. The molecular weight excluding hydrogens is 314 g/mol. The molecule has 0 saturated carbocycles. The first-order valence-electron chi connectivity index (χ1n) is 9.61. The van der Waals surface area contributed by atoms with Gasteiger partial charge in [-0.25, -0.2) is 4.79 Å².